The predicted molar refractivity (Wildman–Crippen MR) is 247 cm³/mol. The number of unbranched alkanes of at least 4 members (excludes halogenated alkanes) is 2. The van der Waals surface area contributed by atoms with E-state index in [1.165, 1.54) is 7.11 Å². The fraction of sp³-hybridized carbons (Fsp3) is 0.360. The second-order valence-electron chi connectivity index (χ2n) is 15.4. The maximum absolute atomic E-state index is 14.2. The van der Waals surface area contributed by atoms with Gasteiger partial charge in [-0.2, -0.15) is 0 Å². The molecule has 0 radical (unpaired) electrons. The number of rotatable bonds is 25. The highest BCUT2D eigenvalue weighted by atomic mass is 31.2. The topological polar surface area (TPSA) is 152 Å². The molecule has 3 atom stereocenters. The molecule has 3 unspecified atom stereocenters. The van der Waals surface area contributed by atoms with Crippen molar-refractivity contribution in [3.8, 4) is 22.6 Å². The summed E-state index contributed by atoms with van der Waals surface area (Å²) >= 11 is 0. The molecule has 64 heavy (non-hydrogen) atoms. The third kappa shape index (κ3) is 11.8. The third-order valence-electron chi connectivity index (χ3n) is 11.4. The van der Waals surface area contributed by atoms with Crippen molar-refractivity contribution in [1.82, 2.24) is 15.7 Å². The van der Waals surface area contributed by atoms with Gasteiger partial charge in [0, 0.05) is 32.7 Å². The Hall–Kier alpha value is -5.53. The van der Waals surface area contributed by atoms with Crippen molar-refractivity contribution in [2.24, 2.45) is 0 Å². The smallest absolute Gasteiger partial charge is 0.407 e. The van der Waals surface area contributed by atoms with Gasteiger partial charge in [-0.1, -0.05) is 110 Å². The Morgan fingerprint density at radius 1 is 0.688 bits per heavy atom. The normalized spacial score (nSPS) is 14.1. The molecule has 0 aromatic heterocycles. The summed E-state index contributed by atoms with van der Waals surface area (Å²) in [5, 5.41) is 8.78. The van der Waals surface area contributed by atoms with Gasteiger partial charge in [-0.25, -0.2) is 14.4 Å². The fourth-order valence-corrected chi connectivity index (χ4v) is 9.34. The van der Waals surface area contributed by atoms with E-state index in [2.05, 4.69) is 40.0 Å². The third-order valence-corrected chi connectivity index (χ3v) is 13.1. The predicted octanol–water partition coefficient (Wildman–Crippen LogP) is 8.99. The van der Waals surface area contributed by atoms with Crippen molar-refractivity contribution in [2.45, 2.75) is 56.2 Å². The van der Waals surface area contributed by atoms with Crippen molar-refractivity contribution in [3.63, 3.8) is 0 Å². The van der Waals surface area contributed by atoms with Gasteiger partial charge in [0.25, 0.3) is 0 Å². The quantitative estimate of drug-likeness (QED) is 0.0293. The average Bonchev–Trinajstić information content (AvgIpc) is 3.66. The molecule has 3 N–H and O–H groups in total. The summed E-state index contributed by atoms with van der Waals surface area (Å²) in [7, 11) is 2.62. The Bertz CT molecular complexity index is 2200. The van der Waals surface area contributed by atoms with Crippen LogP contribution in [-0.4, -0.2) is 85.5 Å². The van der Waals surface area contributed by atoms with Gasteiger partial charge in [-0.05, 0) is 88.9 Å². The molecular weight excluding hydrogens is 834 g/mol. The van der Waals surface area contributed by atoms with Gasteiger partial charge in [0.05, 0.1) is 34.0 Å². The standard InChI is InChI=1S/C50H60N3O10P/c1-6-39(33-57-2)53-64(56,60-5)63-32-16-8-15-31-51-48(54)47(52-49(55)61-34-46-44-21-13-11-19-42(44)43-20-12-14-22-45(43)46)35-62-50(36-17-9-7-10-18-36,37-23-27-40(58-3)28-24-37)38-25-29-41(59-4)30-26-38/h7,9-14,17-30,39,46-47H,6,8,15-16,31-35H2,1-5H3,(H,51,54)(H,52,55)(H,53,56). The Labute approximate surface area is 376 Å². The summed E-state index contributed by atoms with van der Waals surface area (Å²) in [6.45, 7) is 2.64. The summed E-state index contributed by atoms with van der Waals surface area (Å²) in [6.07, 6.45) is 1.74. The number of alkyl carbamates (subject to hydrolysis) is 1. The lowest BCUT2D eigenvalue weighted by Gasteiger charge is -2.37. The van der Waals surface area contributed by atoms with E-state index in [4.69, 9.17) is 32.7 Å². The molecule has 1 aliphatic rings. The Morgan fingerprint density at radius 2 is 1.25 bits per heavy atom. The number of methoxy groups -OCH3 is 3. The summed E-state index contributed by atoms with van der Waals surface area (Å²) in [5.74, 6) is 0.706. The largest absolute Gasteiger partial charge is 0.497 e. The molecule has 14 heteroatoms. The lowest BCUT2D eigenvalue weighted by molar-refractivity contribution is -0.126. The lowest BCUT2D eigenvalue weighted by Crippen LogP contribution is -2.51. The van der Waals surface area contributed by atoms with Crippen LogP contribution in [0.4, 0.5) is 4.79 Å². The van der Waals surface area contributed by atoms with Crippen LogP contribution >= 0.6 is 7.75 Å². The van der Waals surface area contributed by atoms with Crippen molar-refractivity contribution >= 4 is 19.7 Å². The minimum absolute atomic E-state index is 0.0692. The van der Waals surface area contributed by atoms with E-state index in [1.807, 2.05) is 110 Å². The minimum atomic E-state index is -3.52. The molecule has 13 nitrogen and oxygen atoms in total. The zero-order valence-electron chi connectivity index (χ0n) is 37.3. The average molecular weight is 894 g/mol. The number of nitrogens with one attached hydrogen (secondary N) is 3. The van der Waals surface area contributed by atoms with Gasteiger partial charge >= 0.3 is 13.8 Å². The fourth-order valence-electron chi connectivity index (χ4n) is 7.99. The first-order valence-corrected chi connectivity index (χ1v) is 23.2. The number of amides is 2. The molecule has 0 fully saturated rings. The number of ether oxygens (including phenoxy) is 5. The molecule has 0 aliphatic heterocycles. The van der Waals surface area contributed by atoms with E-state index in [1.54, 1.807) is 21.3 Å². The van der Waals surface area contributed by atoms with E-state index in [9.17, 15) is 14.2 Å². The first-order chi connectivity index (χ1) is 31.2. The molecule has 0 saturated heterocycles. The van der Waals surface area contributed by atoms with E-state index in [0.717, 1.165) is 38.9 Å². The number of hydrogen-bond acceptors (Lipinski definition) is 10. The minimum Gasteiger partial charge on any atom is -0.497 e. The van der Waals surface area contributed by atoms with Gasteiger partial charge < -0.3 is 38.8 Å². The maximum Gasteiger partial charge on any atom is 0.407 e. The van der Waals surface area contributed by atoms with Gasteiger partial charge in [0.15, 0.2) is 0 Å². The van der Waals surface area contributed by atoms with Crippen LogP contribution in [-0.2, 0) is 38.2 Å². The van der Waals surface area contributed by atoms with Crippen molar-refractivity contribution < 1.29 is 46.9 Å². The number of fused-ring (bicyclic) bond motifs is 3. The monoisotopic (exact) mass is 893 g/mol. The molecule has 0 spiro atoms. The van der Waals surface area contributed by atoms with Gasteiger partial charge in [0.1, 0.15) is 29.7 Å². The van der Waals surface area contributed by atoms with E-state index < -0.39 is 31.4 Å². The number of carbonyl (C=O) groups is 2. The molecule has 5 aromatic rings. The molecule has 340 valence electrons. The molecule has 1 aliphatic carbocycles. The SMILES string of the molecule is CCC(COC)NP(=O)(OC)OCCCCCNC(=O)C(COC(c1ccccc1)(c1ccc(OC)cc1)c1ccc(OC)cc1)NC(=O)OCC1c2ccccc2-c2ccccc21. The molecular formula is C50H60N3O10P. The molecule has 6 rings (SSSR count). The van der Waals surface area contributed by atoms with Crippen molar-refractivity contribution in [3.05, 3.63) is 155 Å². The van der Waals surface area contributed by atoms with Crippen LogP contribution in [0.15, 0.2) is 127 Å². The molecule has 5 aromatic carbocycles. The zero-order chi connectivity index (χ0) is 45.4. The van der Waals surface area contributed by atoms with Gasteiger partial charge in [-0.15, -0.1) is 0 Å². The van der Waals surface area contributed by atoms with Crippen LogP contribution in [0.1, 0.15) is 66.3 Å². The van der Waals surface area contributed by atoms with Crippen LogP contribution in [0.3, 0.4) is 0 Å². The van der Waals surface area contributed by atoms with Crippen molar-refractivity contribution in [1.29, 1.82) is 0 Å². The second-order valence-corrected chi connectivity index (χ2v) is 17.3. The maximum atomic E-state index is 14.2. The first kappa shape index (κ1) is 47.9. The highest BCUT2D eigenvalue weighted by molar-refractivity contribution is 7.51. The summed E-state index contributed by atoms with van der Waals surface area (Å²) in [5.41, 5.74) is 5.44. The summed E-state index contributed by atoms with van der Waals surface area (Å²) in [6, 6.07) is 39.7. The molecule has 0 heterocycles. The Balaban J connectivity index is 1.20. The highest BCUT2D eigenvalue weighted by Gasteiger charge is 2.40. The highest BCUT2D eigenvalue weighted by Crippen LogP contribution is 2.46. The van der Waals surface area contributed by atoms with Crippen LogP contribution in [0.25, 0.3) is 11.1 Å². The van der Waals surface area contributed by atoms with Gasteiger partial charge in [-0.3, -0.25) is 9.32 Å². The molecule has 0 bridgehead atoms. The zero-order valence-corrected chi connectivity index (χ0v) is 38.1. The van der Waals surface area contributed by atoms with Crippen molar-refractivity contribution in [2.75, 3.05) is 61.4 Å². The number of benzene rings is 5. The van der Waals surface area contributed by atoms with Crippen LogP contribution in [0.5, 0.6) is 11.5 Å². The number of carbonyl (C=O) groups excluding carboxylic acids is 2. The molecule has 0 saturated carbocycles. The van der Waals surface area contributed by atoms with E-state index >= 15 is 0 Å². The van der Waals surface area contributed by atoms with Crippen LogP contribution in [0.2, 0.25) is 0 Å². The summed E-state index contributed by atoms with van der Waals surface area (Å²) < 4.78 is 53.2. The van der Waals surface area contributed by atoms with E-state index in [-0.39, 0.29) is 31.8 Å². The van der Waals surface area contributed by atoms with Gasteiger partial charge in [0.2, 0.25) is 5.91 Å². The summed E-state index contributed by atoms with van der Waals surface area (Å²) in [4.78, 5) is 28.0. The van der Waals surface area contributed by atoms with E-state index in [0.29, 0.717) is 50.3 Å². The Morgan fingerprint density at radius 3 is 1.80 bits per heavy atom. The number of hydrogen-bond donors (Lipinski definition) is 3. The molecule has 2 amide bonds. The van der Waals surface area contributed by atoms with Crippen LogP contribution < -0.4 is 25.2 Å². The lowest BCUT2D eigenvalue weighted by atomic mass is 9.80. The Kier molecular flexibility index (Phi) is 17.5. The van der Waals surface area contributed by atoms with Crippen LogP contribution in [0, 0.1) is 0 Å². The second kappa shape index (κ2) is 23.4. The first-order valence-electron chi connectivity index (χ1n) is 21.6.